The Bertz CT molecular complexity index is 1350. The lowest BCUT2D eigenvalue weighted by atomic mass is 10.2. The summed E-state index contributed by atoms with van der Waals surface area (Å²) in [6.45, 7) is 1.89. The number of nitrogens with one attached hydrogen (secondary N) is 2. The van der Waals surface area contributed by atoms with Crippen molar-refractivity contribution >= 4 is 38.1 Å². The summed E-state index contributed by atoms with van der Waals surface area (Å²) in [5.74, 6) is 1.25. The Labute approximate surface area is 202 Å². The molecule has 0 bridgehead atoms. The number of nitrogens with zero attached hydrogens (tertiary/aromatic N) is 1. The molecule has 3 aromatic carbocycles. The number of aryl methyl sites for hydroxylation is 2. The van der Waals surface area contributed by atoms with Gasteiger partial charge in [-0.05, 0) is 61.9 Å². The summed E-state index contributed by atoms with van der Waals surface area (Å²) in [6.07, 6.45) is 0.611. The van der Waals surface area contributed by atoms with E-state index in [0.717, 1.165) is 11.3 Å². The Morgan fingerprint density at radius 2 is 1.62 bits per heavy atom. The van der Waals surface area contributed by atoms with Gasteiger partial charge in [-0.15, -0.1) is 11.3 Å². The maximum absolute atomic E-state index is 12.5. The van der Waals surface area contributed by atoms with E-state index in [4.69, 9.17) is 4.74 Å². The van der Waals surface area contributed by atoms with Gasteiger partial charge in [0.15, 0.2) is 5.13 Å². The summed E-state index contributed by atoms with van der Waals surface area (Å²) in [5, 5.41) is 4.86. The fraction of sp³-hybridized carbons (Fsp3) is 0.120. The summed E-state index contributed by atoms with van der Waals surface area (Å²) in [5.41, 5.74) is 2.29. The Balaban J connectivity index is 1.27. The van der Waals surface area contributed by atoms with Crippen molar-refractivity contribution in [2.24, 2.45) is 0 Å². The van der Waals surface area contributed by atoms with E-state index >= 15 is 0 Å². The molecule has 0 saturated carbocycles. The lowest BCUT2D eigenvalue weighted by Crippen LogP contribution is -2.13. The van der Waals surface area contributed by atoms with Crippen molar-refractivity contribution in [1.29, 1.82) is 0 Å². The molecule has 0 aliphatic heterocycles. The van der Waals surface area contributed by atoms with Crippen LogP contribution in [0, 0.1) is 6.92 Å². The van der Waals surface area contributed by atoms with Crippen LogP contribution in [0.1, 0.15) is 17.7 Å². The predicted octanol–water partition coefficient (Wildman–Crippen LogP) is 5.62. The summed E-state index contributed by atoms with van der Waals surface area (Å²) in [6, 6.07) is 23.2. The van der Waals surface area contributed by atoms with E-state index in [9.17, 15) is 13.2 Å². The number of hydrogen-bond donors (Lipinski definition) is 2. The van der Waals surface area contributed by atoms with Crippen LogP contribution < -0.4 is 14.8 Å². The second kappa shape index (κ2) is 10.5. The van der Waals surface area contributed by atoms with Crippen LogP contribution >= 0.6 is 11.3 Å². The number of thiazole rings is 1. The highest BCUT2D eigenvalue weighted by atomic mass is 32.2. The topological polar surface area (TPSA) is 97.4 Å². The number of anilines is 2. The number of para-hydroxylation sites is 1. The van der Waals surface area contributed by atoms with Gasteiger partial charge in [0.25, 0.3) is 10.0 Å². The smallest absolute Gasteiger partial charge is 0.263 e. The maximum atomic E-state index is 12.5. The molecule has 34 heavy (non-hydrogen) atoms. The molecule has 0 fully saturated rings. The molecule has 0 aliphatic carbocycles. The highest BCUT2D eigenvalue weighted by molar-refractivity contribution is 7.93. The maximum Gasteiger partial charge on any atom is 0.263 e. The van der Waals surface area contributed by atoms with E-state index < -0.39 is 10.0 Å². The van der Waals surface area contributed by atoms with Gasteiger partial charge < -0.3 is 10.1 Å². The molecule has 174 valence electrons. The van der Waals surface area contributed by atoms with E-state index in [1.807, 2.05) is 37.3 Å². The van der Waals surface area contributed by atoms with Crippen molar-refractivity contribution in [3.63, 3.8) is 0 Å². The van der Waals surface area contributed by atoms with E-state index in [1.54, 1.807) is 53.9 Å². The van der Waals surface area contributed by atoms with Crippen LogP contribution in [0.2, 0.25) is 0 Å². The Morgan fingerprint density at radius 1 is 0.941 bits per heavy atom. The monoisotopic (exact) mass is 493 g/mol. The minimum absolute atomic E-state index is 0.161. The molecule has 7 nitrogen and oxygen atoms in total. The minimum Gasteiger partial charge on any atom is -0.457 e. The Kier molecular flexibility index (Phi) is 7.24. The van der Waals surface area contributed by atoms with Gasteiger partial charge in [-0.25, -0.2) is 13.4 Å². The van der Waals surface area contributed by atoms with E-state index in [-0.39, 0.29) is 22.4 Å². The number of ether oxygens (including phenoxy) is 1. The molecule has 0 radical (unpaired) electrons. The van der Waals surface area contributed by atoms with Crippen molar-refractivity contribution < 1.29 is 17.9 Å². The average molecular weight is 494 g/mol. The van der Waals surface area contributed by atoms with Crippen molar-refractivity contribution in [3.8, 4) is 11.5 Å². The fourth-order valence-corrected chi connectivity index (χ4v) is 5.05. The highest BCUT2D eigenvalue weighted by Gasteiger charge is 2.16. The third-order valence-corrected chi connectivity index (χ3v) is 7.12. The van der Waals surface area contributed by atoms with E-state index in [0.29, 0.717) is 23.6 Å². The van der Waals surface area contributed by atoms with Crippen LogP contribution in [0.5, 0.6) is 11.5 Å². The minimum atomic E-state index is -3.70. The molecular formula is C25H23N3O4S2. The molecule has 1 aromatic heterocycles. The zero-order valence-electron chi connectivity index (χ0n) is 18.4. The molecule has 4 rings (SSSR count). The van der Waals surface area contributed by atoms with Gasteiger partial charge in [-0.1, -0.05) is 35.9 Å². The summed E-state index contributed by atoms with van der Waals surface area (Å²) in [7, 11) is -3.70. The summed E-state index contributed by atoms with van der Waals surface area (Å²) >= 11 is 1.19. The van der Waals surface area contributed by atoms with Crippen molar-refractivity contribution in [1.82, 2.24) is 4.98 Å². The first kappa shape index (κ1) is 23.5. The van der Waals surface area contributed by atoms with Crippen LogP contribution in [0.15, 0.2) is 89.1 Å². The highest BCUT2D eigenvalue weighted by Crippen LogP contribution is 2.23. The standard InChI is InChI=1S/C25H23N3O4S2/c1-18-7-14-23(15-8-18)34(30,31)28-25-27-20(17-33-25)11-16-24(29)26-19-9-12-22(13-10-19)32-21-5-3-2-4-6-21/h2-10,12-15,17H,11,16H2,1H3,(H,26,29)(H,27,28). The molecule has 0 unspecified atom stereocenters. The zero-order valence-corrected chi connectivity index (χ0v) is 20.0. The van der Waals surface area contributed by atoms with Crippen LogP contribution in [0.4, 0.5) is 10.8 Å². The lowest BCUT2D eigenvalue weighted by Gasteiger charge is -2.08. The fourth-order valence-electron chi connectivity index (χ4n) is 3.06. The molecule has 4 aromatic rings. The number of amides is 1. The second-order valence-corrected chi connectivity index (χ2v) is 10.1. The van der Waals surface area contributed by atoms with Gasteiger partial charge in [0.05, 0.1) is 10.6 Å². The quantitative estimate of drug-likeness (QED) is 0.316. The van der Waals surface area contributed by atoms with Gasteiger partial charge in [0.1, 0.15) is 11.5 Å². The largest absolute Gasteiger partial charge is 0.457 e. The Hall–Kier alpha value is -3.69. The predicted molar refractivity (Wildman–Crippen MR) is 134 cm³/mol. The van der Waals surface area contributed by atoms with E-state index in [1.165, 1.54) is 11.3 Å². The molecular weight excluding hydrogens is 470 g/mol. The number of sulfonamides is 1. The van der Waals surface area contributed by atoms with Gasteiger partial charge >= 0.3 is 0 Å². The number of hydrogen-bond acceptors (Lipinski definition) is 6. The first-order valence-corrected chi connectivity index (χ1v) is 12.9. The first-order chi connectivity index (χ1) is 16.4. The molecule has 0 saturated heterocycles. The van der Waals surface area contributed by atoms with E-state index in [2.05, 4.69) is 15.0 Å². The van der Waals surface area contributed by atoms with Crippen LogP contribution in [0.3, 0.4) is 0 Å². The zero-order chi connectivity index (χ0) is 24.0. The molecule has 0 atom stereocenters. The van der Waals surface area contributed by atoms with Crippen molar-refractivity contribution in [2.75, 3.05) is 10.0 Å². The number of rotatable bonds is 9. The SMILES string of the molecule is Cc1ccc(S(=O)(=O)Nc2nc(CCC(=O)Nc3ccc(Oc4ccccc4)cc3)cs2)cc1. The molecule has 0 aliphatic rings. The van der Waals surface area contributed by atoms with Gasteiger partial charge in [-0.3, -0.25) is 9.52 Å². The van der Waals surface area contributed by atoms with Crippen LogP contribution in [-0.4, -0.2) is 19.3 Å². The third-order valence-electron chi connectivity index (χ3n) is 4.83. The van der Waals surface area contributed by atoms with Gasteiger partial charge in [-0.2, -0.15) is 0 Å². The molecule has 2 N–H and O–H groups in total. The van der Waals surface area contributed by atoms with Crippen LogP contribution in [0.25, 0.3) is 0 Å². The Morgan fingerprint density at radius 3 is 2.32 bits per heavy atom. The second-order valence-electron chi connectivity index (χ2n) is 7.55. The van der Waals surface area contributed by atoms with Crippen molar-refractivity contribution in [3.05, 3.63) is 95.5 Å². The van der Waals surface area contributed by atoms with Crippen LogP contribution in [-0.2, 0) is 21.2 Å². The summed E-state index contributed by atoms with van der Waals surface area (Å²) in [4.78, 5) is 16.8. The molecule has 9 heteroatoms. The average Bonchev–Trinajstić information content (AvgIpc) is 3.26. The number of carbonyl (C=O) groups is 1. The summed E-state index contributed by atoms with van der Waals surface area (Å²) < 4.78 is 33.2. The molecule has 1 amide bonds. The third kappa shape index (κ3) is 6.43. The van der Waals surface area contributed by atoms with Gasteiger partial charge in [0, 0.05) is 17.5 Å². The van der Waals surface area contributed by atoms with Gasteiger partial charge in [0.2, 0.25) is 5.91 Å². The number of carbonyl (C=O) groups excluding carboxylic acids is 1. The number of benzene rings is 3. The van der Waals surface area contributed by atoms with Crippen molar-refractivity contribution in [2.45, 2.75) is 24.7 Å². The lowest BCUT2D eigenvalue weighted by molar-refractivity contribution is -0.116. The normalized spacial score (nSPS) is 11.1. The first-order valence-electron chi connectivity index (χ1n) is 10.5. The molecule has 0 spiro atoms. The molecule has 1 heterocycles. The number of aromatic nitrogens is 1.